The van der Waals surface area contributed by atoms with Crippen molar-refractivity contribution in [3.05, 3.63) is 53.6 Å². The van der Waals surface area contributed by atoms with Crippen LogP contribution in [-0.2, 0) is 4.79 Å². The largest absolute Gasteiger partial charge is 0.504 e. The molecule has 0 saturated heterocycles. The smallest absolute Gasteiger partial charge is 0.221 e. The van der Waals surface area contributed by atoms with E-state index in [1.807, 2.05) is 0 Å². The standard InChI is InChI=1S/C15H13NO4/c1-9(17)16-12-7-11(8-13(18)15(12)20)14(19)10-5-3-2-4-6-10/h2-8,18,20H,1H3,(H,16,17). The van der Waals surface area contributed by atoms with Crippen molar-refractivity contribution in [1.29, 1.82) is 0 Å². The van der Waals surface area contributed by atoms with E-state index in [2.05, 4.69) is 5.32 Å². The molecule has 0 aliphatic rings. The predicted molar refractivity (Wildman–Crippen MR) is 73.9 cm³/mol. The third kappa shape index (κ3) is 2.77. The lowest BCUT2D eigenvalue weighted by molar-refractivity contribution is -0.114. The van der Waals surface area contributed by atoms with Gasteiger partial charge in [-0.15, -0.1) is 0 Å². The van der Waals surface area contributed by atoms with E-state index in [0.29, 0.717) is 5.56 Å². The summed E-state index contributed by atoms with van der Waals surface area (Å²) < 4.78 is 0. The van der Waals surface area contributed by atoms with Crippen molar-refractivity contribution >= 4 is 17.4 Å². The zero-order chi connectivity index (χ0) is 14.7. The molecule has 0 radical (unpaired) electrons. The van der Waals surface area contributed by atoms with Gasteiger partial charge < -0.3 is 15.5 Å². The van der Waals surface area contributed by atoms with E-state index < -0.39 is 17.4 Å². The van der Waals surface area contributed by atoms with Crippen molar-refractivity contribution in [2.45, 2.75) is 6.92 Å². The fourth-order valence-corrected chi connectivity index (χ4v) is 1.79. The first-order valence-corrected chi connectivity index (χ1v) is 5.92. The monoisotopic (exact) mass is 271 g/mol. The Morgan fingerprint density at radius 2 is 1.65 bits per heavy atom. The number of carbonyl (C=O) groups is 2. The van der Waals surface area contributed by atoms with Gasteiger partial charge in [0.05, 0.1) is 5.69 Å². The lowest BCUT2D eigenvalue weighted by Crippen LogP contribution is -2.08. The van der Waals surface area contributed by atoms with E-state index in [9.17, 15) is 19.8 Å². The molecule has 102 valence electrons. The number of anilines is 1. The van der Waals surface area contributed by atoms with Gasteiger partial charge in [-0.2, -0.15) is 0 Å². The number of phenols is 2. The van der Waals surface area contributed by atoms with Gasteiger partial charge in [0.1, 0.15) is 0 Å². The maximum absolute atomic E-state index is 12.2. The molecular weight excluding hydrogens is 258 g/mol. The maximum atomic E-state index is 12.2. The number of amides is 1. The second-order valence-electron chi connectivity index (χ2n) is 4.27. The summed E-state index contributed by atoms with van der Waals surface area (Å²) in [6.45, 7) is 1.27. The van der Waals surface area contributed by atoms with Gasteiger partial charge in [-0.1, -0.05) is 30.3 Å². The third-order valence-electron chi connectivity index (χ3n) is 2.70. The van der Waals surface area contributed by atoms with Crippen molar-refractivity contribution in [3.8, 4) is 11.5 Å². The minimum absolute atomic E-state index is 0.00298. The molecule has 0 spiro atoms. The molecule has 2 aromatic rings. The Kier molecular flexibility index (Phi) is 3.70. The first kappa shape index (κ1) is 13.6. The molecule has 0 bridgehead atoms. The van der Waals surface area contributed by atoms with Crippen LogP contribution in [-0.4, -0.2) is 21.9 Å². The number of phenolic OH excluding ortho intramolecular Hbond substituents is 2. The Morgan fingerprint density at radius 1 is 1.00 bits per heavy atom. The van der Waals surface area contributed by atoms with Gasteiger partial charge >= 0.3 is 0 Å². The third-order valence-corrected chi connectivity index (χ3v) is 2.70. The molecule has 20 heavy (non-hydrogen) atoms. The van der Waals surface area contributed by atoms with Gasteiger partial charge in [-0.25, -0.2) is 0 Å². The molecule has 1 amide bonds. The second-order valence-corrected chi connectivity index (χ2v) is 4.27. The molecule has 0 aromatic heterocycles. The molecule has 0 atom stereocenters. The molecule has 5 heteroatoms. The lowest BCUT2D eigenvalue weighted by Gasteiger charge is -2.09. The van der Waals surface area contributed by atoms with Gasteiger partial charge in [0, 0.05) is 18.1 Å². The quantitative estimate of drug-likeness (QED) is 0.590. The topological polar surface area (TPSA) is 86.6 Å². The molecule has 0 aliphatic heterocycles. The summed E-state index contributed by atoms with van der Waals surface area (Å²) in [4.78, 5) is 23.3. The van der Waals surface area contributed by atoms with Gasteiger partial charge in [0.2, 0.25) is 5.91 Å². The van der Waals surface area contributed by atoms with E-state index in [1.165, 1.54) is 13.0 Å². The molecule has 0 saturated carbocycles. The van der Waals surface area contributed by atoms with E-state index in [-0.39, 0.29) is 17.0 Å². The Bertz CT molecular complexity index is 665. The van der Waals surface area contributed by atoms with Crippen LogP contribution in [0.25, 0.3) is 0 Å². The molecule has 0 heterocycles. The van der Waals surface area contributed by atoms with E-state index in [4.69, 9.17) is 0 Å². The van der Waals surface area contributed by atoms with Crippen LogP contribution in [0.4, 0.5) is 5.69 Å². The average Bonchev–Trinajstić information content (AvgIpc) is 2.43. The zero-order valence-electron chi connectivity index (χ0n) is 10.8. The summed E-state index contributed by atoms with van der Waals surface area (Å²) in [5.41, 5.74) is 0.624. The normalized spacial score (nSPS) is 10.1. The Labute approximate surface area is 115 Å². The summed E-state index contributed by atoms with van der Waals surface area (Å²) in [5, 5.41) is 21.6. The fourth-order valence-electron chi connectivity index (χ4n) is 1.79. The molecule has 0 aliphatic carbocycles. The molecule has 2 rings (SSSR count). The van der Waals surface area contributed by atoms with Crippen molar-refractivity contribution in [3.63, 3.8) is 0 Å². The van der Waals surface area contributed by atoms with Crippen LogP contribution in [0.5, 0.6) is 11.5 Å². The highest BCUT2D eigenvalue weighted by atomic mass is 16.3. The summed E-state index contributed by atoms with van der Waals surface area (Å²) in [6, 6.07) is 11.0. The SMILES string of the molecule is CC(=O)Nc1cc(C(=O)c2ccccc2)cc(O)c1O. The number of hydrogen-bond donors (Lipinski definition) is 3. The average molecular weight is 271 g/mol. The minimum Gasteiger partial charge on any atom is -0.504 e. The highest BCUT2D eigenvalue weighted by Gasteiger charge is 2.15. The van der Waals surface area contributed by atoms with Crippen molar-refractivity contribution < 1.29 is 19.8 Å². The van der Waals surface area contributed by atoms with Crippen LogP contribution in [0.3, 0.4) is 0 Å². The fraction of sp³-hybridized carbons (Fsp3) is 0.0667. The van der Waals surface area contributed by atoms with Crippen LogP contribution in [0.2, 0.25) is 0 Å². The Hall–Kier alpha value is -2.82. The van der Waals surface area contributed by atoms with Gasteiger partial charge in [-0.3, -0.25) is 9.59 Å². The molecule has 5 nitrogen and oxygen atoms in total. The number of aromatic hydroxyl groups is 2. The van der Waals surface area contributed by atoms with Crippen LogP contribution < -0.4 is 5.32 Å². The summed E-state index contributed by atoms with van der Waals surface area (Å²) in [6.07, 6.45) is 0. The minimum atomic E-state index is -0.468. The van der Waals surface area contributed by atoms with Gasteiger partial charge in [0.15, 0.2) is 17.3 Å². The first-order valence-electron chi connectivity index (χ1n) is 5.92. The van der Waals surface area contributed by atoms with Crippen molar-refractivity contribution in [1.82, 2.24) is 0 Å². The van der Waals surface area contributed by atoms with E-state index in [0.717, 1.165) is 6.07 Å². The van der Waals surface area contributed by atoms with Crippen molar-refractivity contribution in [2.24, 2.45) is 0 Å². The predicted octanol–water partition coefficient (Wildman–Crippen LogP) is 2.29. The number of carbonyl (C=O) groups excluding carboxylic acids is 2. The summed E-state index contributed by atoms with van der Waals surface area (Å²) in [7, 11) is 0. The Balaban J connectivity index is 2.45. The highest BCUT2D eigenvalue weighted by molar-refractivity contribution is 6.10. The molecular formula is C15H13NO4. The number of hydrogen-bond acceptors (Lipinski definition) is 4. The van der Waals surface area contributed by atoms with E-state index in [1.54, 1.807) is 30.3 Å². The molecule has 0 unspecified atom stereocenters. The van der Waals surface area contributed by atoms with Crippen LogP contribution in [0.15, 0.2) is 42.5 Å². The number of ketones is 1. The number of nitrogens with one attached hydrogen (secondary N) is 1. The van der Waals surface area contributed by atoms with Gasteiger partial charge in [-0.05, 0) is 12.1 Å². The number of benzene rings is 2. The number of rotatable bonds is 3. The van der Waals surface area contributed by atoms with Crippen molar-refractivity contribution in [2.75, 3.05) is 5.32 Å². The van der Waals surface area contributed by atoms with Crippen LogP contribution in [0.1, 0.15) is 22.8 Å². The maximum Gasteiger partial charge on any atom is 0.221 e. The highest BCUT2D eigenvalue weighted by Crippen LogP contribution is 2.35. The van der Waals surface area contributed by atoms with Crippen LogP contribution in [0, 0.1) is 0 Å². The zero-order valence-corrected chi connectivity index (χ0v) is 10.8. The summed E-state index contributed by atoms with van der Waals surface area (Å²) in [5.74, 6) is -1.66. The lowest BCUT2D eigenvalue weighted by atomic mass is 10.0. The first-order chi connectivity index (χ1) is 9.49. The van der Waals surface area contributed by atoms with Crippen LogP contribution >= 0.6 is 0 Å². The molecule has 0 fully saturated rings. The van der Waals surface area contributed by atoms with Gasteiger partial charge in [0.25, 0.3) is 0 Å². The molecule has 2 aromatic carbocycles. The molecule has 3 N–H and O–H groups in total. The van der Waals surface area contributed by atoms with E-state index >= 15 is 0 Å². The second kappa shape index (κ2) is 5.44. The Morgan fingerprint density at radius 3 is 2.25 bits per heavy atom. The summed E-state index contributed by atoms with van der Waals surface area (Å²) >= 11 is 0.